The summed E-state index contributed by atoms with van der Waals surface area (Å²) in [6.45, 7) is 3.96. The molecule has 2 rings (SSSR count). The zero-order valence-electron chi connectivity index (χ0n) is 11.3. The molecule has 2 aliphatic rings. The fourth-order valence-electron chi connectivity index (χ4n) is 3.31. The minimum absolute atomic E-state index is 0.134. The van der Waals surface area contributed by atoms with Gasteiger partial charge in [0.15, 0.2) is 0 Å². The summed E-state index contributed by atoms with van der Waals surface area (Å²) in [4.78, 5) is 24.9. The maximum atomic E-state index is 12.1. The van der Waals surface area contributed by atoms with E-state index in [1.54, 1.807) is 0 Å². The number of likely N-dealkylation sites (tertiary alicyclic amines) is 1. The molecule has 3 unspecified atom stereocenters. The maximum Gasteiger partial charge on any atom is 0.326 e. The molecule has 6 nitrogen and oxygen atoms in total. The average molecular weight is 270 g/mol. The van der Waals surface area contributed by atoms with Crippen LogP contribution in [0.3, 0.4) is 0 Å². The molecule has 0 spiro atoms. The van der Waals surface area contributed by atoms with Crippen LogP contribution < -0.4 is 5.32 Å². The van der Waals surface area contributed by atoms with Crippen molar-refractivity contribution in [2.24, 2.45) is 11.8 Å². The highest BCUT2D eigenvalue weighted by molar-refractivity contribution is 5.83. The van der Waals surface area contributed by atoms with Crippen LogP contribution in [0.15, 0.2) is 0 Å². The van der Waals surface area contributed by atoms with Gasteiger partial charge in [0, 0.05) is 19.7 Å². The lowest BCUT2D eigenvalue weighted by molar-refractivity contribution is -0.142. The number of ether oxygens (including phenoxy) is 1. The monoisotopic (exact) mass is 270 g/mol. The molecule has 0 aromatic heterocycles. The molecule has 0 aromatic carbocycles. The smallest absolute Gasteiger partial charge is 0.326 e. The molecule has 0 radical (unpaired) electrons. The number of carboxylic acid groups (broad SMARTS) is 1. The molecule has 2 amide bonds. The average Bonchev–Trinajstić information content (AvgIpc) is 2.93. The molecular weight excluding hydrogens is 248 g/mol. The van der Waals surface area contributed by atoms with Crippen molar-refractivity contribution in [3.63, 3.8) is 0 Å². The van der Waals surface area contributed by atoms with E-state index in [0.717, 1.165) is 19.3 Å². The van der Waals surface area contributed by atoms with Crippen molar-refractivity contribution in [3.05, 3.63) is 0 Å². The molecule has 1 aliphatic heterocycles. The number of carboxylic acids is 1. The zero-order chi connectivity index (χ0) is 13.8. The molecule has 1 saturated heterocycles. The zero-order valence-corrected chi connectivity index (χ0v) is 11.3. The molecule has 1 heterocycles. The second kappa shape index (κ2) is 6.23. The van der Waals surface area contributed by atoms with Gasteiger partial charge in [-0.15, -0.1) is 0 Å². The highest BCUT2D eigenvalue weighted by Crippen LogP contribution is 2.42. The Morgan fingerprint density at radius 2 is 2.21 bits per heavy atom. The number of aliphatic carboxylic acids is 1. The van der Waals surface area contributed by atoms with E-state index in [1.807, 2.05) is 6.92 Å². The molecule has 0 aromatic rings. The minimum Gasteiger partial charge on any atom is -0.480 e. The lowest BCUT2D eigenvalue weighted by atomic mass is 9.94. The number of urea groups is 1. The van der Waals surface area contributed by atoms with Crippen molar-refractivity contribution in [2.75, 3.05) is 26.3 Å². The molecule has 2 fully saturated rings. The second-order valence-electron chi connectivity index (χ2n) is 5.22. The van der Waals surface area contributed by atoms with Gasteiger partial charge in [0.2, 0.25) is 0 Å². The summed E-state index contributed by atoms with van der Waals surface area (Å²) in [5.41, 5.74) is 0. The molecule has 6 heteroatoms. The Morgan fingerprint density at radius 3 is 2.89 bits per heavy atom. The highest BCUT2D eigenvalue weighted by atomic mass is 16.5. The normalized spacial score (nSPS) is 29.3. The number of carbonyl (C=O) groups is 2. The summed E-state index contributed by atoms with van der Waals surface area (Å²) < 4.78 is 5.15. The van der Waals surface area contributed by atoms with Gasteiger partial charge in [0.05, 0.1) is 6.61 Å². The van der Waals surface area contributed by atoms with E-state index >= 15 is 0 Å². The number of fused-ring (bicyclic) bond motifs is 1. The largest absolute Gasteiger partial charge is 0.480 e. The predicted molar refractivity (Wildman–Crippen MR) is 68.9 cm³/mol. The summed E-state index contributed by atoms with van der Waals surface area (Å²) in [5.74, 6) is -0.386. The topological polar surface area (TPSA) is 78.9 Å². The summed E-state index contributed by atoms with van der Waals surface area (Å²) in [7, 11) is 0. The van der Waals surface area contributed by atoms with Crippen LogP contribution in [0.25, 0.3) is 0 Å². The van der Waals surface area contributed by atoms with Gasteiger partial charge in [0.1, 0.15) is 6.04 Å². The van der Waals surface area contributed by atoms with Crippen molar-refractivity contribution in [2.45, 2.75) is 32.2 Å². The summed E-state index contributed by atoms with van der Waals surface area (Å²) in [6, 6.07) is -0.930. The standard InChI is InChI=1S/C13H22N2O4/c1-2-19-7-6-14-13(18)15-8-9-4-3-5-10(9)11(15)12(16)17/h9-11H,2-8H2,1H3,(H,14,18)(H,16,17). The van der Waals surface area contributed by atoms with E-state index in [4.69, 9.17) is 4.74 Å². The lowest BCUT2D eigenvalue weighted by Gasteiger charge is -2.24. The molecule has 19 heavy (non-hydrogen) atoms. The van der Waals surface area contributed by atoms with Gasteiger partial charge >= 0.3 is 12.0 Å². The van der Waals surface area contributed by atoms with Crippen LogP contribution in [0.4, 0.5) is 4.79 Å². The quantitative estimate of drug-likeness (QED) is 0.728. The van der Waals surface area contributed by atoms with Gasteiger partial charge in [0.25, 0.3) is 0 Å². The molecule has 0 bridgehead atoms. The summed E-state index contributed by atoms with van der Waals surface area (Å²) in [6.07, 6.45) is 3.04. The number of hydrogen-bond acceptors (Lipinski definition) is 3. The number of carbonyl (C=O) groups excluding carboxylic acids is 1. The van der Waals surface area contributed by atoms with Crippen LogP contribution in [0.2, 0.25) is 0 Å². The number of nitrogens with one attached hydrogen (secondary N) is 1. The van der Waals surface area contributed by atoms with Crippen molar-refractivity contribution < 1.29 is 19.4 Å². The van der Waals surface area contributed by atoms with Crippen LogP contribution in [0.1, 0.15) is 26.2 Å². The van der Waals surface area contributed by atoms with Crippen LogP contribution in [0, 0.1) is 11.8 Å². The van der Waals surface area contributed by atoms with E-state index < -0.39 is 12.0 Å². The van der Waals surface area contributed by atoms with E-state index in [2.05, 4.69) is 5.32 Å². The highest BCUT2D eigenvalue weighted by Gasteiger charge is 2.49. The first-order chi connectivity index (χ1) is 9.15. The van der Waals surface area contributed by atoms with Crippen molar-refractivity contribution >= 4 is 12.0 Å². The first kappa shape index (κ1) is 14.1. The van der Waals surface area contributed by atoms with Crippen molar-refractivity contribution in [1.29, 1.82) is 0 Å². The molecule has 1 saturated carbocycles. The first-order valence-corrected chi connectivity index (χ1v) is 7.00. The van der Waals surface area contributed by atoms with Gasteiger partial charge in [-0.2, -0.15) is 0 Å². The molecule has 108 valence electrons. The maximum absolute atomic E-state index is 12.1. The minimum atomic E-state index is -0.880. The number of hydrogen-bond donors (Lipinski definition) is 2. The Hall–Kier alpha value is -1.30. The number of rotatable bonds is 5. The third-order valence-electron chi connectivity index (χ3n) is 4.13. The van der Waals surface area contributed by atoms with E-state index in [9.17, 15) is 14.7 Å². The molecule has 3 atom stereocenters. The number of amides is 2. The Kier molecular flexibility index (Phi) is 4.63. The number of nitrogens with zero attached hydrogens (tertiary/aromatic N) is 1. The fraction of sp³-hybridized carbons (Fsp3) is 0.846. The Morgan fingerprint density at radius 1 is 1.42 bits per heavy atom. The second-order valence-corrected chi connectivity index (χ2v) is 5.22. The lowest BCUT2D eigenvalue weighted by Crippen LogP contribution is -2.48. The van der Waals surface area contributed by atoms with Gasteiger partial charge in [-0.3, -0.25) is 0 Å². The van der Waals surface area contributed by atoms with Gasteiger partial charge in [-0.05, 0) is 31.6 Å². The van der Waals surface area contributed by atoms with Crippen LogP contribution in [-0.4, -0.2) is 54.4 Å². The van der Waals surface area contributed by atoms with E-state index in [-0.39, 0.29) is 11.9 Å². The third-order valence-corrected chi connectivity index (χ3v) is 4.13. The molecular formula is C13H22N2O4. The van der Waals surface area contributed by atoms with Crippen molar-refractivity contribution in [3.8, 4) is 0 Å². The summed E-state index contributed by atoms with van der Waals surface area (Å²) >= 11 is 0. The van der Waals surface area contributed by atoms with Crippen LogP contribution >= 0.6 is 0 Å². The molecule has 2 N–H and O–H groups in total. The molecule has 1 aliphatic carbocycles. The van der Waals surface area contributed by atoms with Crippen LogP contribution in [0.5, 0.6) is 0 Å². The Labute approximate surface area is 113 Å². The summed E-state index contributed by atoms with van der Waals surface area (Å²) in [5, 5.41) is 12.1. The SMILES string of the molecule is CCOCCNC(=O)N1CC2CCCC2C1C(=O)O. The Bertz CT molecular complexity index is 348. The third kappa shape index (κ3) is 3.00. The Balaban J connectivity index is 1.91. The first-order valence-electron chi connectivity index (χ1n) is 7.00. The van der Waals surface area contributed by atoms with E-state index in [1.165, 1.54) is 4.90 Å². The van der Waals surface area contributed by atoms with Gasteiger partial charge in [-0.1, -0.05) is 6.42 Å². The van der Waals surface area contributed by atoms with Gasteiger partial charge in [-0.25, -0.2) is 9.59 Å². The van der Waals surface area contributed by atoms with Gasteiger partial charge < -0.3 is 20.1 Å². The predicted octanol–water partition coefficient (Wildman–Crippen LogP) is 0.918. The van der Waals surface area contributed by atoms with Crippen LogP contribution in [-0.2, 0) is 9.53 Å². The van der Waals surface area contributed by atoms with E-state index in [0.29, 0.717) is 32.2 Å². The fourth-order valence-corrected chi connectivity index (χ4v) is 3.31. The van der Waals surface area contributed by atoms with Crippen molar-refractivity contribution in [1.82, 2.24) is 10.2 Å².